The summed E-state index contributed by atoms with van der Waals surface area (Å²) in [6.07, 6.45) is 1.71. The smallest absolute Gasteiger partial charge is 0.243 e. The summed E-state index contributed by atoms with van der Waals surface area (Å²) in [6, 6.07) is 4.94. The van der Waals surface area contributed by atoms with Crippen molar-refractivity contribution in [2.75, 3.05) is 7.05 Å². The van der Waals surface area contributed by atoms with Crippen LogP contribution in [0.2, 0.25) is 0 Å². The Balaban J connectivity index is 0.000000409. The minimum absolute atomic E-state index is 0. The third kappa shape index (κ3) is 6.63. The van der Waals surface area contributed by atoms with Gasteiger partial charge in [0.15, 0.2) is 6.29 Å². The maximum atomic E-state index is 10.8. The molecule has 1 heterocycles. The van der Waals surface area contributed by atoms with Crippen molar-refractivity contribution in [3.8, 4) is 5.75 Å². The van der Waals surface area contributed by atoms with Crippen molar-refractivity contribution in [3.63, 3.8) is 0 Å². The predicted molar refractivity (Wildman–Crippen MR) is 82.8 cm³/mol. The summed E-state index contributed by atoms with van der Waals surface area (Å²) < 4.78 is 0. The number of aldehydes is 1. The molecule has 1 aliphatic heterocycles. The summed E-state index contributed by atoms with van der Waals surface area (Å²) in [5, 5.41) is 14.4. The van der Waals surface area contributed by atoms with Crippen LogP contribution in [0, 0.1) is 0 Å². The molecule has 1 unspecified atom stereocenters. The molecule has 23 heavy (non-hydrogen) atoms. The van der Waals surface area contributed by atoms with Gasteiger partial charge in [-0.25, -0.2) is 0 Å². The largest absolute Gasteiger partial charge is 0.507 e. The Morgan fingerprint density at radius 3 is 2.43 bits per heavy atom. The van der Waals surface area contributed by atoms with Gasteiger partial charge >= 0.3 is 0 Å². The maximum Gasteiger partial charge on any atom is 0.243 e. The van der Waals surface area contributed by atoms with Gasteiger partial charge in [-0.2, -0.15) is 0 Å². The van der Waals surface area contributed by atoms with Gasteiger partial charge in [0.2, 0.25) is 11.8 Å². The van der Waals surface area contributed by atoms with Crippen LogP contribution in [0.15, 0.2) is 18.2 Å². The number of nitrogens with one attached hydrogen (secondary N) is 2. The van der Waals surface area contributed by atoms with Crippen LogP contribution in [0.4, 0.5) is 0 Å². The molecule has 3 N–H and O–H groups in total. The first-order valence-corrected chi connectivity index (χ1v) is 7.18. The van der Waals surface area contributed by atoms with E-state index < -0.39 is 0 Å². The summed E-state index contributed by atoms with van der Waals surface area (Å²) in [6.45, 7) is 4.07. The molecule has 1 aromatic carbocycles. The molecule has 1 aromatic rings. The van der Waals surface area contributed by atoms with Gasteiger partial charge in [-0.15, -0.1) is 0 Å². The predicted octanol–water partition coefficient (Wildman–Crippen LogP) is 1.34. The van der Waals surface area contributed by atoms with Crippen LogP contribution in [-0.2, 0) is 30.7 Å². The van der Waals surface area contributed by atoms with Gasteiger partial charge in [-0.05, 0) is 37.1 Å². The molecule has 1 atom stereocenters. The normalized spacial score (nSPS) is 16.8. The number of imide groups is 1. The number of benzene rings is 1. The standard InChI is InChI=1S/C10H12O2.C6H10N2O2.W/c1-7(2)8-3-4-9(6-11)10(12)5-8;1-7-4-2-3-5(9)8-6(4)10;/h3-7,12H,1-2H3;4,7H,2-3H2,1H3,(H,8,9,10);. The number of carbonyl (C=O) groups is 3. The molecule has 1 saturated heterocycles. The topological polar surface area (TPSA) is 95.5 Å². The molecular formula is C16H22N2O4W. The number of hydrogen-bond donors (Lipinski definition) is 3. The second-order valence-corrected chi connectivity index (χ2v) is 5.38. The number of likely N-dealkylation sites (N-methyl/N-ethyl adjacent to an activating group) is 1. The number of amides is 2. The van der Waals surface area contributed by atoms with E-state index in [-0.39, 0.29) is 44.7 Å². The van der Waals surface area contributed by atoms with Gasteiger partial charge in [-0.1, -0.05) is 19.9 Å². The molecular weight excluding hydrogens is 468 g/mol. The van der Waals surface area contributed by atoms with Crippen molar-refractivity contribution in [2.45, 2.75) is 38.6 Å². The van der Waals surface area contributed by atoms with Crippen molar-refractivity contribution in [2.24, 2.45) is 0 Å². The molecule has 7 heteroatoms. The minimum Gasteiger partial charge on any atom is -0.507 e. The molecule has 1 fully saturated rings. The van der Waals surface area contributed by atoms with E-state index in [1.165, 1.54) is 0 Å². The van der Waals surface area contributed by atoms with Gasteiger partial charge < -0.3 is 10.4 Å². The van der Waals surface area contributed by atoms with Crippen molar-refractivity contribution in [1.82, 2.24) is 10.6 Å². The zero-order valence-corrected chi connectivity index (χ0v) is 16.4. The second kappa shape index (κ2) is 10.3. The Kier molecular flexibility index (Phi) is 9.61. The number of aromatic hydroxyl groups is 1. The summed E-state index contributed by atoms with van der Waals surface area (Å²) >= 11 is 0. The van der Waals surface area contributed by atoms with Crippen LogP contribution in [0.5, 0.6) is 5.75 Å². The zero-order chi connectivity index (χ0) is 16.7. The number of rotatable bonds is 3. The van der Waals surface area contributed by atoms with Crippen LogP contribution in [0.3, 0.4) is 0 Å². The average Bonchev–Trinajstić information content (AvgIpc) is 2.48. The van der Waals surface area contributed by atoms with E-state index in [1.54, 1.807) is 19.2 Å². The van der Waals surface area contributed by atoms with Gasteiger partial charge in [0.1, 0.15) is 5.75 Å². The van der Waals surface area contributed by atoms with Crippen LogP contribution >= 0.6 is 0 Å². The summed E-state index contributed by atoms with van der Waals surface area (Å²) in [7, 11) is 1.71. The molecule has 6 nitrogen and oxygen atoms in total. The minimum atomic E-state index is -0.209. The number of piperidine rings is 1. The first-order valence-electron chi connectivity index (χ1n) is 7.18. The molecule has 1 aliphatic rings. The SMILES string of the molecule is CC(C)c1ccc(C=O)c(O)c1.CNC1CCC(=O)NC1=O.[W]. The average molecular weight is 490 g/mol. The first kappa shape index (κ1) is 21.5. The van der Waals surface area contributed by atoms with Crippen LogP contribution < -0.4 is 10.6 Å². The monoisotopic (exact) mass is 490 g/mol. The second-order valence-electron chi connectivity index (χ2n) is 5.38. The van der Waals surface area contributed by atoms with E-state index in [9.17, 15) is 19.5 Å². The zero-order valence-electron chi connectivity index (χ0n) is 13.5. The van der Waals surface area contributed by atoms with Crippen LogP contribution in [-0.4, -0.2) is 36.3 Å². The summed E-state index contributed by atoms with van der Waals surface area (Å²) in [5.41, 5.74) is 1.39. The Morgan fingerprint density at radius 1 is 1.35 bits per heavy atom. The third-order valence-electron chi connectivity index (χ3n) is 3.44. The maximum absolute atomic E-state index is 10.8. The molecule has 0 aromatic heterocycles. The number of hydrogen-bond acceptors (Lipinski definition) is 5. The Morgan fingerprint density at radius 2 is 2.00 bits per heavy atom. The van der Waals surface area contributed by atoms with Crippen molar-refractivity contribution in [1.29, 1.82) is 0 Å². The fraction of sp³-hybridized carbons (Fsp3) is 0.438. The summed E-state index contributed by atoms with van der Waals surface area (Å²) in [4.78, 5) is 31.8. The molecule has 0 bridgehead atoms. The first-order chi connectivity index (χ1) is 10.4. The number of phenols is 1. The van der Waals surface area contributed by atoms with Gasteiger partial charge in [0.05, 0.1) is 11.6 Å². The number of phenolic OH excluding ortho intramolecular Hbond substituents is 1. The van der Waals surface area contributed by atoms with Crippen molar-refractivity contribution >= 4 is 18.1 Å². The van der Waals surface area contributed by atoms with Gasteiger partial charge in [0, 0.05) is 27.5 Å². The van der Waals surface area contributed by atoms with E-state index in [2.05, 4.69) is 10.6 Å². The van der Waals surface area contributed by atoms with Crippen molar-refractivity contribution in [3.05, 3.63) is 29.3 Å². The van der Waals surface area contributed by atoms with Crippen molar-refractivity contribution < 1.29 is 40.6 Å². The molecule has 126 valence electrons. The Hall–Kier alpha value is -1.52. The fourth-order valence-corrected chi connectivity index (χ4v) is 1.99. The molecule has 0 aliphatic carbocycles. The third-order valence-corrected chi connectivity index (χ3v) is 3.44. The number of carbonyl (C=O) groups excluding carboxylic acids is 3. The quantitative estimate of drug-likeness (QED) is 0.440. The molecule has 2 rings (SSSR count). The van der Waals surface area contributed by atoms with Gasteiger partial charge in [0.25, 0.3) is 0 Å². The Bertz CT molecular complexity index is 561. The van der Waals surface area contributed by atoms with Crippen LogP contribution in [0.1, 0.15) is 48.5 Å². The van der Waals surface area contributed by atoms with Crippen LogP contribution in [0.25, 0.3) is 0 Å². The van der Waals surface area contributed by atoms with E-state index in [1.807, 2.05) is 19.9 Å². The van der Waals surface area contributed by atoms with Gasteiger partial charge in [-0.3, -0.25) is 19.7 Å². The molecule has 0 spiro atoms. The van der Waals surface area contributed by atoms with E-state index >= 15 is 0 Å². The molecule has 0 saturated carbocycles. The van der Waals surface area contributed by atoms with E-state index in [0.717, 1.165) is 5.56 Å². The van der Waals surface area contributed by atoms with E-state index in [0.29, 0.717) is 30.6 Å². The molecule has 0 radical (unpaired) electrons. The molecule has 2 amide bonds. The fourth-order valence-electron chi connectivity index (χ4n) is 1.99. The Labute approximate surface area is 150 Å². The summed E-state index contributed by atoms with van der Waals surface area (Å²) in [5.74, 6) is 0.0584. The van der Waals surface area contributed by atoms with E-state index in [4.69, 9.17) is 0 Å².